The van der Waals surface area contributed by atoms with Crippen LogP contribution < -0.4 is 10.2 Å². The van der Waals surface area contributed by atoms with Gasteiger partial charge in [0, 0.05) is 31.9 Å². The van der Waals surface area contributed by atoms with E-state index < -0.39 is 0 Å². The van der Waals surface area contributed by atoms with Crippen LogP contribution in [0.1, 0.15) is 38.2 Å². The fourth-order valence-electron chi connectivity index (χ4n) is 2.62. The van der Waals surface area contributed by atoms with Crippen LogP contribution in [0, 0.1) is 0 Å². The van der Waals surface area contributed by atoms with Crippen LogP contribution in [0.3, 0.4) is 0 Å². The second kappa shape index (κ2) is 7.42. The molecule has 1 saturated heterocycles. The van der Waals surface area contributed by atoms with Gasteiger partial charge in [-0.3, -0.25) is 0 Å². The average Bonchev–Trinajstić information content (AvgIpc) is 2.45. The number of aryl methyl sites for hydroxylation is 1. The number of rotatable bonds is 6. The van der Waals surface area contributed by atoms with Crippen molar-refractivity contribution < 1.29 is 0 Å². The summed E-state index contributed by atoms with van der Waals surface area (Å²) in [5.74, 6) is 0. The standard InChI is InChI=1S/C16H25N2/c1-2-3-4-5-8-15-9-6-7-10-16(15)18-13-11-17-12-14-18/h6-7,9-10H,2-5,8,11-14H2,1H3. The van der Waals surface area contributed by atoms with Gasteiger partial charge in [0.15, 0.2) is 0 Å². The Labute approximate surface area is 111 Å². The Hall–Kier alpha value is -1.02. The maximum Gasteiger partial charge on any atom is 0.0399 e. The highest BCUT2D eigenvalue weighted by Gasteiger charge is 2.13. The highest BCUT2D eigenvalue weighted by atomic mass is 15.2. The molecule has 0 unspecified atom stereocenters. The van der Waals surface area contributed by atoms with Gasteiger partial charge in [0.25, 0.3) is 0 Å². The summed E-state index contributed by atoms with van der Waals surface area (Å²) in [6, 6.07) is 8.91. The van der Waals surface area contributed by atoms with Gasteiger partial charge in [-0.2, -0.15) is 0 Å². The van der Waals surface area contributed by atoms with Gasteiger partial charge < -0.3 is 4.90 Å². The van der Waals surface area contributed by atoms with Crippen molar-refractivity contribution in [1.29, 1.82) is 0 Å². The van der Waals surface area contributed by atoms with E-state index in [1.165, 1.54) is 43.4 Å². The van der Waals surface area contributed by atoms with Crippen molar-refractivity contribution in [3.63, 3.8) is 0 Å². The maximum absolute atomic E-state index is 4.43. The van der Waals surface area contributed by atoms with Crippen LogP contribution in [-0.2, 0) is 6.42 Å². The molecular weight excluding hydrogens is 220 g/mol. The summed E-state index contributed by atoms with van der Waals surface area (Å²) in [4.78, 5) is 2.50. The minimum Gasteiger partial charge on any atom is -0.369 e. The third-order valence-electron chi connectivity index (χ3n) is 3.69. The molecule has 0 saturated carbocycles. The predicted octanol–water partition coefficient (Wildman–Crippen LogP) is 3.23. The second-order valence-corrected chi connectivity index (χ2v) is 5.10. The largest absolute Gasteiger partial charge is 0.369 e. The molecule has 1 heterocycles. The molecular formula is C16H25N2. The molecule has 0 aliphatic carbocycles. The number of anilines is 1. The number of benzene rings is 1. The Morgan fingerprint density at radius 2 is 1.83 bits per heavy atom. The second-order valence-electron chi connectivity index (χ2n) is 5.10. The average molecular weight is 245 g/mol. The zero-order valence-corrected chi connectivity index (χ0v) is 11.6. The third-order valence-corrected chi connectivity index (χ3v) is 3.69. The van der Waals surface area contributed by atoms with Crippen LogP contribution in [0.5, 0.6) is 0 Å². The monoisotopic (exact) mass is 245 g/mol. The van der Waals surface area contributed by atoms with E-state index in [-0.39, 0.29) is 0 Å². The molecule has 2 nitrogen and oxygen atoms in total. The van der Waals surface area contributed by atoms with Crippen molar-refractivity contribution in [2.24, 2.45) is 0 Å². The minimum atomic E-state index is 0.990. The zero-order chi connectivity index (χ0) is 12.6. The van der Waals surface area contributed by atoms with Gasteiger partial charge in [0.05, 0.1) is 0 Å². The van der Waals surface area contributed by atoms with Crippen molar-refractivity contribution in [2.45, 2.75) is 39.0 Å². The molecule has 2 rings (SSSR count). The molecule has 2 heteroatoms. The fourth-order valence-corrected chi connectivity index (χ4v) is 2.62. The number of unbranched alkanes of at least 4 members (excludes halogenated alkanes) is 3. The van der Waals surface area contributed by atoms with Crippen molar-refractivity contribution in [2.75, 3.05) is 31.1 Å². The van der Waals surface area contributed by atoms with Crippen LogP contribution in [0.15, 0.2) is 24.3 Å². The summed E-state index contributed by atoms with van der Waals surface area (Å²) < 4.78 is 0. The molecule has 1 aliphatic heterocycles. The van der Waals surface area contributed by atoms with E-state index in [2.05, 4.69) is 41.4 Å². The smallest absolute Gasteiger partial charge is 0.0399 e. The molecule has 0 spiro atoms. The van der Waals surface area contributed by atoms with Crippen molar-refractivity contribution in [3.8, 4) is 0 Å². The molecule has 0 amide bonds. The molecule has 1 radical (unpaired) electrons. The molecule has 1 fully saturated rings. The lowest BCUT2D eigenvalue weighted by molar-refractivity contribution is 0.576. The maximum atomic E-state index is 4.43. The number of para-hydroxylation sites is 1. The summed E-state index contributed by atoms with van der Waals surface area (Å²) in [6.45, 7) is 6.43. The first-order valence-electron chi connectivity index (χ1n) is 7.38. The quantitative estimate of drug-likeness (QED) is 0.703. The van der Waals surface area contributed by atoms with Crippen molar-refractivity contribution in [3.05, 3.63) is 29.8 Å². The number of hydrogen-bond acceptors (Lipinski definition) is 1. The normalized spacial score (nSPS) is 15.9. The van der Waals surface area contributed by atoms with Gasteiger partial charge in [0.2, 0.25) is 0 Å². The van der Waals surface area contributed by atoms with Crippen LogP contribution >= 0.6 is 0 Å². The van der Waals surface area contributed by atoms with Gasteiger partial charge in [0.1, 0.15) is 0 Å². The molecule has 0 bridgehead atoms. The Balaban J connectivity index is 1.96. The summed E-state index contributed by atoms with van der Waals surface area (Å²) in [7, 11) is 0. The van der Waals surface area contributed by atoms with Gasteiger partial charge in [-0.1, -0.05) is 44.4 Å². The highest BCUT2D eigenvalue weighted by Crippen LogP contribution is 2.23. The van der Waals surface area contributed by atoms with Gasteiger partial charge in [-0.25, -0.2) is 5.32 Å². The van der Waals surface area contributed by atoms with Gasteiger partial charge in [-0.15, -0.1) is 0 Å². The number of hydrogen-bond donors (Lipinski definition) is 0. The summed E-state index contributed by atoms with van der Waals surface area (Å²) in [6.07, 6.45) is 6.59. The molecule has 99 valence electrons. The molecule has 18 heavy (non-hydrogen) atoms. The molecule has 1 aliphatic rings. The lowest BCUT2D eigenvalue weighted by Gasteiger charge is -2.30. The van der Waals surface area contributed by atoms with Gasteiger partial charge in [-0.05, 0) is 24.5 Å². The van der Waals surface area contributed by atoms with Crippen molar-refractivity contribution >= 4 is 5.69 Å². The van der Waals surface area contributed by atoms with Crippen LogP contribution in [0.4, 0.5) is 5.69 Å². The molecule has 0 atom stereocenters. The zero-order valence-electron chi connectivity index (χ0n) is 11.6. The van der Waals surface area contributed by atoms with Crippen LogP contribution in [0.25, 0.3) is 0 Å². The van der Waals surface area contributed by atoms with E-state index in [4.69, 9.17) is 0 Å². The topological polar surface area (TPSA) is 17.3 Å². The first-order chi connectivity index (χ1) is 8.92. The van der Waals surface area contributed by atoms with E-state index in [1.807, 2.05) is 0 Å². The van der Waals surface area contributed by atoms with Gasteiger partial charge >= 0.3 is 0 Å². The molecule has 1 aromatic rings. The Morgan fingerprint density at radius 1 is 1.06 bits per heavy atom. The number of nitrogens with zero attached hydrogens (tertiary/aromatic N) is 2. The van der Waals surface area contributed by atoms with E-state index in [1.54, 1.807) is 0 Å². The van der Waals surface area contributed by atoms with Crippen molar-refractivity contribution in [1.82, 2.24) is 5.32 Å². The SMILES string of the molecule is CCCCCCc1ccccc1N1CC[N]CC1. The first-order valence-corrected chi connectivity index (χ1v) is 7.38. The Kier molecular flexibility index (Phi) is 5.53. The van der Waals surface area contributed by atoms with E-state index in [0.29, 0.717) is 0 Å². The first kappa shape index (κ1) is 13.4. The summed E-state index contributed by atoms with van der Waals surface area (Å²) >= 11 is 0. The molecule has 0 aromatic heterocycles. The Bertz CT molecular complexity index is 343. The fraction of sp³-hybridized carbons (Fsp3) is 0.625. The summed E-state index contributed by atoms with van der Waals surface area (Å²) in [5.41, 5.74) is 2.97. The van der Waals surface area contributed by atoms with E-state index in [9.17, 15) is 0 Å². The molecule has 1 aromatic carbocycles. The lowest BCUT2D eigenvalue weighted by Crippen LogP contribution is -2.40. The van der Waals surface area contributed by atoms with E-state index >= 15 is 0 Å². The molecule has 0 N–H and O–H groups in total. The Morgan fingerprint density at radius 3 is 2.61 bits per heavy atom. The lowest BCUT2D eigenvalue weighted by atomic mass is 10.0. The van der Waals surface area contributed by atoms with Crippen LogP contribution in [0.2, 0.25) is 0 Å². The predicted molar refractivity (Wildman–Crippen MR) is 78.4 cm³/mol. The van der Waals surface area contributed by atoms with Crippen LogP contribution in [-0.4, -0.2) is 26.2 Å². The minimum absolute atomic E-state index is 0.990. The number of piperazine rings is 1. The summed E-state index contributed by atoms with van der Waals surface area (Å²) in [5, 5.41) is 4.43. The third kappa shape index (κ3) is 3.74. The van der Waals surface area contributed by atoms with E-state index in [0.717, 1.165) is 26.2 Å². The highest BCUT2D eigenvalue weighted by molar-refractivity contribution is 5.54.